The van der Waals surface area contributed by atoms with Crippen LogP contribution in [0.4, 0.5) is 5.69 Å². The molecule has 0 aliphatic heterocycles. The third kappa shape index (κ3) is 2.99. The number of aromatic nitrogens is 2. The van der Waals surface area contributed by atoms with Gasteiger partial charge in [-0.15, -0.1) is 0 Å². The van der Waals surface area contributed by atoms with Crippen molar-refractivity contribution >= 4 is 67.4 Å². The molecule has 0 aliphatic rings. The fraction of sp³-hybridized carbons (Fsp3) is 0. The SMILES string of the molecule is S=C(Nc1cc(Cl)ccc1Cl)c1nonc1[As]. The van der Waals surface area contributed by atoms with Gasteiger partial charge in [-0.2, -0.15) is 0 Å². The van der Waals surface area contributed by atoms with E-state index in [0.29, 0.717) is 30.9 Å². The molecule has 8 heteroatoms. The van der Waals surface area contributed by atoms with Crippen molar-refractivity contribution in [2.45, 2.75) is 0 Å². The number of rotatable bonds is 2. The van der Waals surface area contributed by atoms with Crippen molar-refractivity contribution in [3.63, 3.8) is 0 Å². The zero-order valence-corrected chi connectivity index (χ0v) is 12.4. The molecule has 0 atom stereocenters. The second-order valence-corrected chi connectivity index (χ2v) is 5.16. The van der Waals surface area contributed by atoms with Gasteiger partial charge in [-0.1, -0.05) is 0 Å². The van der Waals surface area contributed by atoms with Gasteiger partial charge in [0.05, 0.1) is 0 Å². The number of hydrogen-bond acceptors (Lipinski definition) is 4. The van der Waals surface area contributed by atoms with E-state index >= 15 is 0 Å². The van der Waals surface area contributed by atoms with Crippen LogP contribution in [0.25, 0.3) is 0 Å². The van der Waals surface area contributed by atoms with Crippen LogP contribution in [0.2, 0.25) is 10.0 Å². The van der Waals surface area contributed by atoms with Crippen molar-refractivity contribution in [1.29, 1.82) is 0 Å². The standard InChI is InChI=1S/C9H4AsCl2N3OS/c10-8-7(14-16-15-8)9(17)13-6-3-4(11)1-2-5(6)12/h1-3H,(H,13,17). The first-order valence-electron chi connectivity index (χ1n) is 4.36. The van der Waals surface area contributed by atoms with E-state index in [1.807, 2.05) is 0 Å². The first kappa shape index (κ1) is 12.8. The molecule has 2 radical (unpaired) electrons. The van der Waals surface area contributed by atoms with Gasteiger partial charge < -0.3 is 0 Å². The Morgan fingerprint density at radius 3 is 2.76 bits per heavy atom. The Hall–Kier alpha value is -0.612. The van der Waals surface area contributed by atoms with E-state index in [1.165, 1.54) is 0 Å². The Morgan fingerprint density at radius 2 is 2.12 bits per heavy atom. The number of nitrogens with zero attached hydrogens (tertiary/aromatic N) is 2. The molecular weight excluding hydrogens is 344 g/mol. The third-order valence-electron chi connectivity index (χ3n) is 1.86. The van der Waals surface area contributed by atoms with Crippen LogP contribution < -0.4 is 9.80 Å². The molecule has 0 unspecified atom stereocenters. The van der Waals surface area contributed by atoms with Crippen LogP contribution in [-0.4, -0.2) is 32.2 Å². The Morgan fingerprint density at radius 1 is 1.35 bits per heavy atom. The average molecular weight is 348 g/mol. The zero-order chi connectivity index (χ0) is 12.4. The maximum absolute atomic E-state index is 6.00. The van der Waals surface area contributed by atoms with Crippen LogP contribution in [0.3, 0.4) is 0 Å². The summed E-state index contributed by atoms with van der Waals surface area (Å²) >= 11 is 19.2. The predicted octanol–water partition coefficient (Wildman–Crippen LogP) is 1.96. The van der Waals surface area contributed by atoms with Crippen molar-refractivity contribution in [2.24, 2.45) is 0 Å². The number of halogens is 2. The van der Waals surface area contributed by atoms with Crippen molar-refractivity contribution < 1.29 is 4.63 Å². The van der Waals surface area contributed by atoms with Gasteiger partial charge in [0, 0.05) is 0 Å². The Kier molecular flexibility index (Phi) is 4.04. The molecule has 0 saturated carbocycles. The number of nitrogens with one attached hydrogen (secondary N) is 1. The topological polar surface area (TPSA) is 51.0 Å². The van der Waals surface area contributed by atoms with Crippen LogP contribution in [0.15, 0.2) is 22.8 Å². The normalized spacial score (nSPS) is 10.3. The number of thiocarbonyl (C=S) groups is 1. The molecule has 86 valence electrons. The summed E-state index contributed by atoms with van der Waals surface area (Å²) in [6.45, 7) is 0. The number of benzene rings is 1. The Bertz CT molecular complexity index is 575. The molecule has 4 nitrogen and oxygen atoms in total. The van der Waals surface area contributed by atoms with Crippen LogP contribution in [-0.2, 0) is 0 Å². The fourth-order valence-corrected chi connectivity index (χ4v) is 2.24. The Balaban J connectivity index is 2.24. The molecule has 1 N–H and O–H groups in total. The van der Waals surface area contributed by atoms with Gasteiger partial charge in [0.1, 0.15) is 0 Å². The molecule has 0 bridgehead atoms. The Labute approximate surface area is 121 Å². The molecule has 2 aromatic rings. The molecule has 0 amide bonds. The molecule has 2 rings (SSSR count). The van der Waals surface area contributed by atoms with Crippen LogP contribution >= 0.6 is 35.4 Å². The van der Waals surface area contributed by atoms with Gasteiger partial charge in [0.25, 0.3) is 0 Å². The summed E-state index contributed by atoms with van der Waals surface area (Å²) in [6.07, 6.45) is 0. The van der Waals surface area contributed by atoms with E-state index in [9.17, 15) is 0 Å². The minimum atomic E-state index is 0.367. The van der Waals surface area contributed by atoms with Gasteiger partial charge in [-0.3, -0.25) is 0 Å². The summed E-state index contributed by atoms with van der Waals surface area (Å²) in [5.41, 5.74) is 1.06. The van der Waals surface area contributed by atoms with Crippen LogP contribution in [0.1, 0.15) is 5.69 Å². The first-order chi connectivity index (χ1) is 8.08. The molecule has 0 saturated heterocycles. The predicted molar refractivity (Wildman–Crippen MR) is 71.5 cm³/mol. The quantitative estimate of drug-likeness (QED) is 0.664. The monoisotopic (exact) mass is 347 g/mol. The first-order valence-corrected chi connectivity index (χ1v) is 6.46. The van der Waals surface area contributed by atoms with Crippen molar-refractivity contribution in [1.82, 2.24) is 10.3 Å². The summed E-state index contributed by atoms with van der Waals surface area (Å²) in [4.78, 5) is 0.367. The van der Waals surface area contributed by atoms with Gasteiger partial charge in [-0.05, 0) is 0 Å². The van der Waals surface area contributed by atoms with Gasteiger partial charge in [-0.25, -0.2) is 0 Å². The van der Waals surface area contributed by atoms with E-state index < -0.39 is 0 Å². The molecule has 1 aromatic carbocycles. The van der Waals surface area contributed by atoms with E-state index in [1.54, 1.807) is 18.2 Å². The maximum atomic E-state index is 6.00. The number of hydrogen-bond donors (Lipinski definition) is 1. The number of anilines is 1. The third-order valence-corrected chi connectivity index (χ3v) is 3.34. The second-order valence-electron chi connectivity index (χ2n) is 3.01. The minimum absolute atomic E-state index is 0.367. The van der Waals surface area contributed by atoms with Gasteiger partial charge in [0.15, 0.2) is 0 Å². The summed E-state index contributed by atoms with van der Waals surface area (Å²) in [6, 6.07) is 5.05. The van der Waals surface area contributed by atoms with Gasteiger partial charge in [0.2, 0.25) is 0 Å². The fourth-order valence-electron chi connectivity index (χ4n) is 1.10. The van der Waals surface area contributed by atoms with Crippen LogP contribution in [0.5, 0.6) is 0 Å². The summed E-state index contributed by atoms with van der Waals surface area (Å²) in [5.74, 6) is 0. The van der Waals surface area contributed by atoms with E-state index in [0.717, 1.165) is 0 Å². The molecule has 1 heterocycles. The summed E-state index contributed by atoms with van der Waals surface area (Å²) < 4.78 is 5.11. The molecule has 1 aromatic heterocycles. The van der Waals surface area contributed by atoms with E-state index in [-0.39, 0.29) is 0 Å². The zero-order valence-electron chi connectivity index (χ0n) is 8.15. The summed E-state index contributed by atoms with van der Waals surface area (Å²) in [5, 5.41) is 11.3. The summed E-state index contributed by atoms with van der Waals surface area (Å²) in [7, 11) is 0. The van der Waals surface area contributed by atoms with Gasteiger partial charge >= 0.3 is 122 Å². The molecular formula is C9H4AsCl2N3OS. The van der Waals surface area contributed by atoms with Crippen molar-refractivity contribution in [3.05, 3.63) is 33.9 Å². The molecule has 0 spiro atoms. The molecule has 17 heavy (non-hydrogen) atoms. The van der Waals surface area contributed by atoms with E-state index in [4.69, 9.17) is 35.4 Å². The van der Waals surface area contributed by atoms with Crippen molar-refractivity contribution in [3.8, 4) is 0 Å². The van der Waals surface area contributed by atoms with Crippen molar-refractivity contribution in [2.75, 3.05) is 5.32 Å². The average Bonchev–Trinajstić information content (AvgIpc) is 2.70. The van der Waals surface area contributed by atoms with Crippen LogP contribution in [0, 0.1) is 0 Å². The van der Waals surface area contributed by atoms with E-state index in [2.05, 4.69) is 37.1 Å². The second kappa shape index (κ2) is 5.36. The molecule has 0 fully saturated rings. The molecule has 0 aliphatic carbocycles.